The number of hydrogen-bond acceptors (Lipinski definition) is 1. The Labute approximate surface area is 102 Å². The van der Waals surface area contributed by atoms with Crippen LogP contribution < -0.4 is 10.6 Å². The zero-order valence-corrected chi connectivity index (χ0v) is 10.4. The summed E-state index contributed by atoms with van der Waals surface area (Å²) in [5.74, 6) is 0. The van der Waals surface area contributed by atoms with Crippen LogP contribution in [-0.4, -0.2) is 11.7 Å². The second kappa shape index (κ2) is 4.83. The summed E-state index contributed by atoms with van der Waals surface area (Å²) in [5, 5.41) is 7.22. The summed E-state index contributed by atoms with van der Waals surface area (Å²) in [7, 11) is 0. The van der Waals surface area contributed by atoms with Crippen LogP contribution in [0.2, 0.25) is 0 Å². The van der Waals surface area contributed by atoms with E-state index in [4.69, 9.17) is 12.2 Å². The van der Waals surface area contributed by atoms with Gasteiger partial charge in [0.05, 0.1) is 0 Å². The second-order valence-corrected chi connectivity index (χ2v) is 4.94. The average Bonchev–Trinajstić information content (AvgIpc) is 3.09. The number of rotatable bonds is 4. The summed E-state index contributed by atoms with van der Waals surface area (Å²) in [6, 6.07) is 10.0. The van der Waals surface area contributed by atoms with E-state index in [1.54, 1.807) is 0 Å². The molecule has 1 aromatic carbocycles. The lowest BCUT2D eigenvalue weighted by molar-refractivity contribution is 0.483. The molecule has 0 atom stereocenters. The molecule has 0 aliphatic heterocycles. The molecule has 0 radical (unpaired) electrons. The van der Waals surface area contributed by atoms with E-state index in [1.807, 2.05) is 30.3 Å². The Hall–Kier alpha value is -1.09. The van der Waals surface area contributed by atoms with Crippen LogP contribution >= 0.6 is 12.2 Å². The van der Waals surface area contributed by atoms with E-state index in [9.17, 15) is 0 Å². The second-order valence-electron chi connectivity index (χ2n) is 4.53. The van der Waals surface area contributed by atoms with Gasteiger partial charge in [-0.05, 0) is 49.0 Å². The van der Waals surface area contributed by atoms with Crippen molar-refractivity contribution in [2.24, 2.45) is 5.41 Å². The van der Waals surface area contributed by atoms with Gasteiger partial charge >= 0.3 is 0 Å². The molecule has 1 aliphatic rings. The smallest absolute Gasteiger partial charge is 0.170 e. The van der Waals surface area contributed by atoms with E-state index in [1.165, 1.54) is 19.3 Å². The van der Waals surface area contributed by atoms with Crippen LogP contribution in [0.5, 0.6) is 0 Å². The minimum absolute atomic E-state index is 0.530. The highest BCUT2D eigenvalue weighted by Crippen LogP contribution is 2.47. The lowest BCUT2D eigenvalue weighted by Gasteiger charge is -2.16. The molecule has 1 saturated carbocycles. The van der Waals surface area contributed by atoms with Gasteiger partial charge in [0, 0.05) is 12.2 Å². The maximum absolute atomic E-state index is 5.26. The Bertz CT molecular complexity index is 357. The number of hydrogen-bond donors (Lipinski definition) is 2. The molecule has 2 nitrogen and oxygen atoms in total. The largest absolute Gasteiger partial charge is 0.362 e. The van der Waals surface area contributed by atoms with Crippen molar-refractivity contribution >= 4 is 23.0 Å². The predicted molar refractivity (Wildman–Crippen MR) is 72.6 cm³/mol. The van der Waals surface area contributed by atoms with Gasteiger partial charge < -0.3 is 10.6 Å². The number of nitrogens with one attached hydrogen (secondary N) is 2. The minimum atomic E-state index is 0.530. The molecule has 1 fully saturated rings. The number of anilines is 1. The number of thiocarbonyl (C=S) groups is 1. The average molecular weight is 234 g/mol. The highest BCUT2D eigenvalue weighted by atomic mass is 32.1. The normalized spacial score (nSPS) is 16.6. The maximum Gasteiger partial charge on any atom is 0.170 e. The molecule has 3 heteroatoms. The topological polar surface area (TPSA) is 24.1 Å². The number of benzene rings is 1. The molecule has 2 N–H and O–H groups in total. The molecule has 16 heavy (non-hydrogen) atoms. The van der Waals surface area contributed by atoms with E-state index in [2.05, 4.69) is 17.6 Å². The van der Waals surface area contributed by atoms with E-state index in [0.717, 1.165) is 17.3 Å². The maximum atomic E-state index is 5.26. The molecule has 0 aromatic heterocycles. The molecule has 0 heterocycles. The fourth-order valence-corrected chi connectivity index (χ4v) is 1.99. The summed E-state index contributed by atoms with van der Waals surface area (Å²) < 4.78 is 0. The summed E-state index contributed by atoms with van der Waals surface area (Å²) in [5.41, 5.74) is 1.57. The highest BCUT2D eigenvalue weighted by Gasteiger charge is 2.40. The van der Waals surface area contributed by atoms with Gasteiger partial charge in [0.15, 0.2) is 5.11 Å². The van der Waals surface area contributed by atoms with Gasteiger partial charge in [0.25, 0.3) is 0 Å². The first-order valence-electron chi connectivity index (χ1n) is 5.84. The minimum Gasteiger partial charge on any atom is -0.362 e. The third-order valence-corrected chi connectivity index (χ3v) is 3.61. The van der Waals surface area contributed by atoms with Crippen molar-refractivity contribution in [3.05, 3.63) is 30.3 Å². The van der Waals surface area contributed by atoms with Crippen molar-refractivity contribution in [2.75, 3.05) is 11.9 Å². The van der Waals surface area contributed by atoms with Gasteiger partial charge in [-0.2, -0.15) is 0 Å². The zero-order valence-electron chi connectivity index (χ0n) is 9.62. The molecule has 1 aliphatic carbocycles. The fraction of sp³-hybridized carbons (Fsp3) is 0.462. The lowest BCUT2D eigenvalue weighted by Crippen LogP contribution is -2.33. The Kier molecular flexibility index (Phi) is 3.44. The van der Waals surface area contributed by atoms with Crippen molar-refractivity contribution in [3.63, 3.8) is 0 Å². The predicted octanol–water partition coefficient (Wildman–Crippen LogP) is 3.16. The number of para-hydroxylation sites is 1. The van der Waals surface area contributed by atoms with Gasteiger partial charge in [-0.3, -0.25) is 0 Å². The van der Waals surface area contributed by atoms with Crippen LogP contribution in [0.1, 0.15) is 26.2 Å². The van der Waals surface area contributed by atoms with E-state index in [0.29, 0.717) is 5.41 Å². The lowest BCUT2D eigenvalue weighted by atomic mass is 10.0. The standard InChI is InChI=1S/C13H18N2S/c1-2-13(8-9-13)10-14-12(16)15-11-6-4-3-5-7-11/h3-7H,2,8-10H2,1H3,(H2,14,15,16). The Morgan fingerprint density at radius 3 is 2.56 bits per heavy atom. The molecule has 0 bridgehead atoms. The van der Waals surface area contributed by atoms with Crippen LogP contribution in [0.25, 0.3) is 0 Å². The van der Waals surface area contributed by atoms with Gasteiger partial charge in [0.2, 0.25) is 0 Å². The van der Waals surface area contributed by atoms with Gasteiger partial charge in [-0.25, -0.2) is 0 Å². The first-order valence-corrected chi connectivity index (χ1v) is 6.25. The SMILES string of the molecule is CCC1(CNC(=S)Nc2ccccc2)CC1. The van der Waals surface area contributed by atoms with Crippen LogP contribution in [0.15, 0.2) is 30.3 Å². The Morgan fingerprint density at radius 1 is 1.31 bits per heavy atom. The summed E-state index contributed by atoms with van der Waals surface area (Å²) in [4.78, 5) is 0. The van der Waals surface area contributed by atoms with Crippen molar-refractivity contribution in [1.29, 1.82) is 0 Å². The molecule has 0 saturated heterocycles. The Balaban J connectivity index is 1.77. The van der Waals surface area contributed by atoms with Crippen molar-refractivity contribution in [3.8, 4) is 0 Å². The van der Waals surface area contributed by atoms with E-state index < -0.39 is 0 Å². The first-order chi connectivity index (χ1) is 7.74. The third-order valence-electron chi connectivity index (χ3n) is 3.36. The van der Waals surface area contributed by atoms with Crippen LogP contribution in [0.3, 0.4) is 0 Å². The van der Waals surface area contributed by atoms with E-state index >= 15 is 0 Å². The summed E-state index contributed by atoms with van der Waals surface area (Å²) in [6.07, 6.45) is 3.92. The van der Waals surface area contributed by atoms with Crippen molar-refractivity contribution < 1.29 is 0 Å². The monoisotopic (exact) mass is 234 g/mol. The van der Waals surface area contributed by atoms with Crippen LogP contribution in [0, 0.1) is 5.41 Å². The zero-order chi connectivity index (χ0) is 11.4. The summed E-state index contributed by atoms with van der Waals surface area (Å²) in [6.45, 7) is 3.25. The molecule has 0 unspecified atom stereocenters. The Morgan fingerprint density at radius 2 is 2.00 bits per heavy atom. The first kappa shape index (κ1) is 11.4. The molecular weight excluding hydrogens is 216 g/mol. The van der Waals surface area contributed by atoms with Crippen LogP contribution in [0.4, 0.5) is 5.69 Å². The molecular formula is C13H18N2S. The quantitative estimate of drug-likeness (QED) is 0.783. The molecule has 1 aromatic rings. The molecule has 0 spiro atoms. The molecule has 0 amide bonds. The van der Waals surface area contributed by atoms with Gasteiger partial charge in [-0.1, -0.05) is 25.1 Å². The third kappa shape index (κ3) is 2.95. The van der Waals surface area contributed by atoms with Crippen molar-refractivity contribution in [2.45, 2.75) is 26.2 Å². The fourth-order valence-electron chi connectivity index (χ4n) is 1.80. The summed E-state index contributed by atoms with van der Waals surface area (Å²) >= 11 is 5.26. The van der Waals surface area contributed by atoms with Crippen molar-refractivity contribution in [1.82, 2.24) is 5.32 Å². The van der Waals surface area contributed by atoms with E-state index in [-0.39, 0.29) is 0 Å². The molecule has 86 valence electrons. The van der Waals surface area contributed by atoms with Gasteiger partial charge in [-0.15, -0.1) is 0 Å². The van der Waals surface area contributed by atoms with Crippen LogP contribution in [-0.2, 0) is 0 Å². The molecule has 2 rings (SSSR count). The highest BCUT2D eigenvalue weighted by molar-refractivity contribution is 7.80. The van der Waals surface area contributed by atoms with Gasteiger partial charge in [0.1, 0.15) is 0 Å².